The minimum absolute atomic E-state index is 0.0243. The molecule has 140 valence electrons. The Morgan fingerprint density at radius 2 is 1.93 bits per heavy atom. The van der Waals surface area contributed by atoms with Crippen LogP contribution in [0.1, 0.15) is 22.8 Å². The number of amides is 1. The number of ether oxygens (including phenoxy) is 1. The predicted octanol–water partition coefficient (Wildman–Crippen LogP) is 3.66. The Morgan fingerprint density at radius 3 is 2.56 bits per heavy atom. The second-order valence-electron chi connectivity index (χ2n) is 5.43. The molecule has 0 aliphatic heterocycles. The monoisotopic (exact) mass is 388 g/mol. The van der Waals surface area contributed by atoms with Gasteiger partial charge in [-0.1, -0.05) is 29.8 Å². The van der Waals surface area contributed by atoms with Gasteiger partial charge in [0.2, 0.25) is 0 Å². The number of hydrogen-bond donors (Lipinski definition) is 1. The number of benzene rings is 2. The first-order valence-electron chi connectivity index (χ1n) is 8.06. The highest BCUT2D eigenvalue weighted by Crippen LogP contribution is 2.25. The summed E-state index contributed by atoms with van der Waals surface area (Å²) < 4.78 is 5.34. The van der Waals surface area contributed by atoms with Crippen molar-refractivity contribution in [3.63, 3.8) is 0 Å². The summed E-state index contributed by atoms with van der Waals surface area (Å²) in [5.41, 5.74) is 0.589. The Bertz CT molecular complexity index is 878. The van der Waals surface area contributed by atoms with E-state index >= 15 is 0 Å². The number of nitrogens with one attached hydrogen (secondary N) is 1. The lowest BCUT2D eigenvalue weighted by Crippen LogP contribution is -2.28. The highest BCUT2D eigenvalue weighted by molar-refractivity contribution is 6.32. The number of rotatable bonds is 8. The van der Waals surface area contributed by atoms with E-state index in [0.29, 0.717) is 12.3 Å². The van der Waals surface area contributed by atoms with Crippen LogP contribution >= 0.6 is 11.6 Å². The van der Waals surface area contributed by atoms with Gasteiger partial charge in [0, 0.05) is 18.2 Å². The summed E-state index contributed by atoms with van der Waals surface area (Å²) in [4.78, 5) is 33.8. The lowest BCUT2D eigenvalue weighted by atomic mass is 10.1. The maximum atomic E-state index is 12.2. The number of carbonyl (C=O) groups is 2. The van der Waals surface area contributed by atoms with E-state index in [2.05, 4.69) is 5.32 Å². The molecule has 0 saturated heterocycles. The summed E-state index contributed by atoms with van der Waals surface area (Å²) in [5, 5.41) is 13.5. The Kier molecular flexibility index (Phi) is 7.08. The maximum absolute atomic E-state index is 12.2. The highest BCUT2D eigenvalue weighted by atomic mass is 35.5. The Labute approximate surface area is 160 Å². The van der Waals surface area contributed by atoms with E-state index in [1.807, 2.05) is 6.92 Å². The third-order valence-electron chi connectivity index (χ3n) is 3.48. The summed E-state index contributed by atoms with van der Waals surface area (Å²) in [6.07, 6.45) is 2.90. The van der Waals surface area contributed by atoms with Gasteiger partial charge in [0.25, 0.3) is 11.6 Å². The fraction of sp³-hybridized carbons (Fsp3) is 0.158. The molecule has 1 amide bonds. The van der Waals surface area contributed by atoms with Crippen molar-refractivity contribution in [1.82, 2.24) is 5.32 Å². The second kappa shape index (κ2) is 9.49. The van der Waals surface area contributed by atoms with Crippen molar-refractivity contribution in [1.29, 1.82) is 0 Å². The van der Waals surface area contributed by atoms with Crippen LogP contribution in [0, 0.1) is 10.1 Å². The summed E-state index contributed by atoms with van der Waals surface area (Å²) >= 11 is 5.74. The van der Waals surface area contributed by atoms with Crippen molar-refractivity contribution in [3.05, 3.63) is 74.8 Å². The van der Waals surface area contributed by atoms with Crippen molar-refractivity contribution in [2.75, 3.05) is 13.2 Å². The number of hydrogen-bond acceptors (Lipinski definition) is 5. The van der Waals surface area contributed by atoms with Gasteiger partial charge in [-0.2, -0.15) is 0 Å². The molecule has 1 N–H and O–H groups in total. The molecule has 0 radical (unpaired) electrons. The number of carbonyl (C=O) groups excluding carboxylic acids is 2. The van der Waals surface area contributed by atoms with Gasteiger partial charge in [-0.15, -0.1) is 0 Å². The highest BCUT2D eigenvalue weighted by Gasteiger charge is 2.15. The standard InChI is InChI=1S/C19H17ClN2O5/c1-2-21-19(24)12-27-15-7-3-13(4-8-15)5-10-18(23)14-6-9-16(20)17(11-14)22(25)26/h3-11H,2,12H2,1H3,(H,21,24). The summed E-state index contributed by atoms with van der Waals surface area (Å²) in [6.45, 7) is 2.29. The molecular weight excluding hydrogens is 372 g/mol. The predicted molar refractivity (Wildman–Crippen MR) is 102 cm³/mol. The van der Waals surface area contributed by atoms with E-state index in [1.165, 1.54) is 18.2 Å². The van der Waals surface area contributed by atoms with Crippen LogP contribution in [0.25, 0.3) is 6.08 Å². The van der Waals surface area contributed by atoms with Crippen LogP contribution in [-0.2, 0) is 4.79 Å². The van der Waals surface area contributed by atoms with Crippen LogP contribution in [0.4, 0.5) is 5.69 Å². The molecule has 27 heavy (non-hydrogen) atoms. The zero-order valence-electron chi connectivity index (χ0n) is 14.5. The number of nitrogens with zero attached hydrogens (tertiary/aromatic N) is 1. The van der Waals surface area contributed by atoms with Crippen molar-refractivity contribution in [2.45, 2.75) is 6.92 Å². The summed E-state index contributed by atoms with van der Waals surface area (Å²) in [6, 6.07) is 10.7. The van der Waals surface area contributed by atoms with Gasteiger partial charge in [0.05, 0.1) is 4.92 Å². The fourth-order valence-corrected chi connectivity index (χ4v) is 2.33. The first-order valence-corrected chi connectivity index (χ1v) is 8.44. The number of allylic oxidation sites excluding steroid dienone is 1. The number of halogens is 1. The van der Waals surface area contributed by atoms with Crippen molar-refractivity contribution >= 4 is 35.1 Å². The zero-order chi connectivity index (χ0) is 19.8. The average molecular weight is 389 g/mol. The lowest BCUT2D eigenvalue weighted by Gasteiger charge is -2.06. The molecule has 0 saturated carbocycles. The van der Waals surface area contributed by atoms with Gasteiger partial charge in [-0.05, 0) is 42.8 Å². The first-order chi connectivity index (χ1) is 12.9. The SMILES string of the molecule is CCNC(=O)COc1ccc(C=CC(=O)c2ccc(Cl)c([N+](=O)[O-])c2)cc1. The van der Waals surface area contributed by atoms with Crippen LogP contribution in [-0.4, -0.2) is 29.8 Å². The summed E-state index contributed by atoms with van der Waals surface area (Å²) in [7, 11) is 0. The van der Waals surface area contributed by atoms with Crippen LogP contribution in [0.3, 0.4) is 0 Å². The van der Waals surface area contributed by atoms with E-state index < -0.39 is 4.92 Å². The Morgan fingerprint density at radius 1 is 1.22 bits per heavy atom. The summed E-state index contributed by atoms with van der Waals surface area (Å²) in [5.74, 6) is -0.0616. The van der Waals surface area contributed by atoms with Crippen LogP contribution in [0.15, 0.2) is 48.5 Å². The maximum Gasteiger partial charge on any atom is 0.288 e. The Hall–Kier alpha value is -3.19. The molecule has 0 aromatic heterocycles. The third-order valence-corrected chi connectivity index (χ3v) is 3.80. The first kappa shape index (κ1) is 20.1. The number of likely N-dealkylation sites (N-methyl/N-ethyl adjacent to an activating group) is 1. The van der Waals surface area contributed by atoms with Gasteiger partial charge >= 0.3 is 0 Å². The smallest absolute Gasteiger partial charge is 0.288 e. The fourth-order valence-electron chi connectivity index (χ4n) is 2.15. The van der Waals surface area contributed by atoms with Gasteiger partial charge < -0.3 is 10.1 Å². The van der Waals surface area contributed by atoms with E-state index in [0.717, 1.165) is 11.6 Å². The van der Waals surface area contributed by atoms with Crippen LogP contribution in [0.2, 0.25) is 5.02 Å². The number of ketones is 1. The molecule has 2 rings (SSSR count). The molecule has 0 aliphatic rings. The zero-order valence-corrected chi connectivity index (χ0v) is 15.2. The molecule has 0 bridgehead atoms. The van der Waals surface area contributed by atoms with Crippen molar-refractivity contribution in [2.24, 2.45) is 0 Å². The molecular formula is C19H17ClN2O5. The van der Waals surface area contributed by atoms with E-state index in [9.17, 15) is 19.7 Å². The second-order valence-corrected chi connectivity index (χ2v) is 5.84. The average Bonchev–Trinajstić information content (AvgIpc) is 2.65. The number of nitro groups is 1. The molecule has 0 aliphatic carbocycles. The van der Waals surface area contributed by atoms with Crippen LogP contribution in [0.5, 0.6) is 5.75 Å². The van der Waals surface area contributed by atoms with Gasteiger partial charge in [0.15, 0.2) is 12.4 Å². The van der Waals surface area contributed by atoms with E-state index in [1.54, 1.807) is 30.3 Å². The minimum atomic E-state index is -0.637. The molecule has 7 nitrogen and oxygen atoms in total. The lowest BCUT2D eigenvalue weighted by molar-refractivity contribution is -0.384. The molecule has 2 aromatic carbocycles. The van der Waals surface area contributed by atoms with Gasteiger partial charge in [-0.3, -0.25) is 19.7 Å². The molecule has 0 spiro atoms. The molecule has 0 atom stereocenters. The topological polar surface area (TPSA) is 98.5 Å². The molecule has 0 heterocycles. The quantitative estimate of drug-likeness (QED) is 0.322. The molecule has 0 fully saturated rings. The van der Waals surface area contributed by atoms with E-state index in [4.69, 9.17) is 16.3 Å². The van der Waals surface area contributed by atoms with Gasteiger partial charge in [0.1, 0.15) is 10.8 Å². The minimum Gasteiger partial charge on any atom is -0.484 e. The third kappa shape index (κ3) is 5.93. The largest absolute Gasteiger partial charge is 0.484 e. The van der Waals surface area contributed by atoms with Crippen molar-refractivity contribution in [3.8, 4) is 5.75 Å². The van der Waals surface area contributed by atoms with Gasteiger partial charge in [-0.25, -0.2) is 0 Å². The normalized spacial score (nSPS) is 10.6. The molecule has 8 heteroatoms. The molecule has 2 aromatic rings. The van der Waals surface area contributed by atoms with E-state index in [-0.39, 0.29) is 34.6 Å². The molecule has 0 unspecified atom stereocenters. The Balaban J connectivity index is 2.01. The number of nitro benzene ring substituents is 1. The van der Waals surface area contributed by atoms with Crippen molar-refractivity contribution < 1.29 is 19.2 Å². The van der Waals surface area contributed by atoms with Crippen LogP contribution < -0.4 is 10.1 Å².